The van der Waals surface area contributed by atoms with Crippen LogP contribution in [0.1, 0.15) is 25.8 Å². The number of hydrogen-bond acceptors (Lipinski definition) is 4. The second-order valence-electron chi connectivity index (χ2n) is 4.62. The van der Waals surface area contributed by atoms with Crippen LogP contribution in [0, 0.1) is 16.0 Å². The molecule has 0 radical (unpaired) electrons. The van der Waals surface area contributed by atoms with Crippen molar-refractivity contribution < 1.29 is 4.92 Å². The Bertz CT molecular complexity index is 635. The monoisotopic (exact) mass is 266 g/mol. The highest BCUT2D eigenvalue weighted by Gasteiger charge is 2.31. The van der Waals surface area contributed by atoms with Crippen LogP contribution in [0.5, 0.6) is 0 Å². The van der Waals surface area contributed by atoms with Gasteiger partial charge in [-0.2, -0.15) is 5.10 Å². The van der Waals surface area contributed by atoms with Crippen LogP contribution < -0.4 is 0 Å². The van der Waals surface area contributed by atoms with E-state index in [-0.39, 0.29) is 16.8 Å². The lowest BCUT2D eigenvalue weighted by molar-refractivity contribution is -0.384. The van der Waals surface area contributed by atoms with E-state index < -0.39 is 4.92 Å². The predicted molar refractivity (Wildman–Crippen MR) is 66.6 cm³/mol. The highest BCUT2D eigenvalue weighted by atomic mass is 35.5. The molecule has 0 aliphatic heterocycles. The van der Waals surface area contributed by atoms with Crippen LogP contribution in [0.3, 0.4) is 0 Å². The summed E-state index contributed by atoms with van der Waals surface area (Å²) in [6, 6.07) is 0.257. The quantitative estimate of drug-likeness (QED) is 0.632. The van der Waals surface area contributed by atoms with Gasteiger partial charge < -0.3 is 0 Å². The second kappa shape index (κ2) is 3.91. The van der Waals surface area contributed by atoms with Crippen molar-refractivity contribution in [2.24, 2.45) is 5.92 Å². The highest BCUT2D eigenvalue weighted by Crippen LogP contribution is 2.41. The van der Waals surface area contributed by atoms with Gasteiger partial charge in [0.05, 0.1) is 22.5 Å². The third-order valence-electron chi connectivity index (χ3n) is 3.43. The predicted octanol–water partition coefficient (Wildman–Crippen LogP) is 2.96. The third kappa shape index (κ3) is 1.64. The molecule has 1 saturated carbocycles. The number of aromatic nitrogens is 3. The van der Waals surface area contributed by atoms with Gasteiger partial charge >= 0.3 is 5.69 Å². The van der Waals surface area contributed by atoms with Gasteiger partial charge in [0.15, 0.2) is 5.65 Å². The van der Waals surface area contributed by atoms with E-state index in [2.05, 4.69) is 17.0 Å². The van der Waals surface area contributed by atoms with Crippen LogP contribution in [0.2, 0.25) is 5.02 Å². The molecule has 1 atom stereocenters. The molecule has 6 nitrogen and oxygen atoms in total. The van der Waals surface area contributed by atoms with Gasteiger partial charge in [0.2, 0.25) is 0 Å². The number of hydrogen-bond donors (Lipinski definition) is 0. The van der Waals surface area contributed by atoms with Crippen molar-refractivity contribution >= 4 is 28.3 Å². The zero-order valence-electron chi connectivity index (χ0n) is 9.71. The largest absolute Gasteiger partial charge is 0.306 e. The van der Waals surface area contributed by atoms with Crippen molar-refractivity contribution in [2.75, 3.05) is 0 Å². The SMILES string of the molecule is CC(C1CC1)n1ncc2c(Cl)c([N+](=O)[O-])cnc21. The summed E-state index contributed by atoms with van der Waals surface area (Å²) in [4.78, 5) is 14.4. The summed E-state index contributed by atoms with van der Waals surface area (Å²) in [5, 5.41) is 15.7. The van der Waals surface area contributed by atoms with Crippen molar-refractivity contribution in [3.63, 3.8) is 0 Å². The molecule has 7 heteroatoms. The molecule has 0 N–H and O–H groups in total. The average molecular weight is 267 g/mol. The second-order valence-corrected chi connectivity index (χ2v) is 5.00. The van der Waals surface area contributed by atoms with Gasteiger partial charge in [0.1, 0.15) is 11.2 Å². The summed E-state index contributed by atoms with van der Waals surface area (Å²) in [5.74, 6) is 0.629. The maximum atomic E-state index is 10.8. The zero-order valence-corrected chi connectivity index (χ0v) is 10.5. The Morgan fingerprint density at radius 2 is 2.28 bits per heavy atom. The smallest absolute Gasteiger partial charge is 0.258 e. The fourth-order valence-electron chi connectivity index (χ4n) is 2.16. The fraction of sp³-hybridized carbons (Fsp3) is 0.455. The van der Waals surface area contributed by atoms with E-state index >= 15 is 0 Å². The van der Waals surface area contributed by atoms with Crippen molar-refractivity contribution in [1.29, 1.82) is 0 Å². The molecule has 3 rings (SSSR count). The molecular weight excluding hydrogens is 256 g/mol. The Labute approximate surface area is 108 Å². The normalized spacial score (nSPS) is 17.0. The molecule has 1 fully saturated rings. The number of fused-ring (bicyclic) bond motifs is 1. The maximum Gasteiger partial charge on any atom is 0.306 e. The number of rotatable bonds is 3. The fourth-order valence-corrected chi connectivity index (χ4v) is 2.41. The van der Waals surface area contributed by atoms with Crippen molar-refractivity contribution in [2.45, 2.75) is 25.8 Å². The molecule has 0 aromatic carbocycles. The van der Waals surface area contributed by atoms with Gasteiger partial charge in [-0.3, -0.25) is 10.1 Å². The minimum Gasteiger partial charge on any atom is -0.258 e. The topological polar surface area (TPSA) is 73.8 Å². The first-order valence-electron chi connectivity index (χ1n) is 5.75. The first-order chi connectivity index (χ1) is 8.59. The van der Waals surface area contributed by atoms with Crippen LogP contribution in [0.15, 0.2) is 12.4 Å². The van der Waals surface area contributed by atoms with Crippen LogP contribution in [-0.4, -0.2) is 19.7 Å². The van der Waals surface area contributed by atoms with E-state index in [1.807, 2.05) is 4.68 Å². The Morgan fingerprint density at radius 3 is 2.89 bits per heavy atom. The minimum atomic E-state index is -0.531. The zero-order chi connectivity index (χ0) is 12.9. The maximum absolute atomic E-state index is 10.8. The lowest BCUT2D eigenvalue weighted by atomic mass is 10.2. The first kappa shape index (κ1) is 11.4. The lowest BCUT2D eigenvalue weighted by Crippen LogP contribution is -2.09. The van der Waals surface area contributed by atoms with Gasteiger partial charge in [0, 0.05) is 0 Å². The Morgan fingerprint density at radius 1 is 1.56 bits per heavy atom. The number of halogens is 1. The molecule has 0 spiro atoms. The van der Waals surface area contributed by atoms with Crippen LogP contribution in [0.4, 0.5) is 5.69 Å². The number of nitro groups is 1. The van der Waals surface area contributed by atoms with Crippen LogP contribution >= 0.6 is 11.6 Å². The first-order valence-corrected chi connectivity index (χ1v) is 6.13. The van der Waals surface area contributed by atoms with Gasteiger partial charge in [-0.1, -0.05) is 11.6 Å². The molecule has 94 valence electrons. The average Bonchev–Trinajstić information content (AvgIpc) is 3.08. The minimum absolute atomic E-state index is 0.110. The number of nitrogens with zero attached hydrogens (tertiary/aromatic N) is 4. The molecule has 1 aliphatic rings. The molecular formula is C11H11ClN4O2. The summed E-state index contributed by atoms with van der Waals surface area (Å²) < 4.78 is 1.81. The van der Waals surface area contributed by atoms with Gasteiger partial charge in [-0.25, -0.2) is 9.67 Å². The molecule has 0 bridgehead atoms. The number of pyridine rings is 1. The van der Waals surface area contributed by atoms with Gasteiger partial charge in [-0.05, 0) is 25.7 Å². The molecule has 1 aliphatic carbocycles. The van der Waals surface area contributed by atoms with E-state index in [1.54, 1.807) is 6.20 Å². The standard InChI is InChI=1S/C11H11ClN4O2/c1-6(7-2-3-7)15-11-8(4-14-15)10(12)9(5-13-11)16(17)18/h4-7H,2-3H2,1H3. The van der Waals surface area contributed by atoms with Crippen LogP contribution in [-0.2, 0) is 0 Å². The summed E-state index contributed by atoms with van der Waals surface area (Å²) in [5.41, 5.74) is 0.438. The Balaban J connectivity index is 2.15. The van der Waals surface area contributed by atoms with E-state index in [0.29, 0.717) is 17.0 Å². The summed E-state index contributed by atoms with van der Waals surface area (Å²) in [6.07, 6.45) is 5.14. The molecule has 2 aromatic heterocycles. The molecule has 0 amide bonds. The van der Waals surface area contributed by atoms with E-state index in [4.69, 9.17) is 11.6 Å². The van der Waals surface area contributed by atoms with Crippen molar-refractivity contribution in [3.8, 4) is 0 Å². The molecule has 2 heterocycles. The highest BCUT2D eigenvalue weighted by molar-refractivity contribution is 6.37. The molecule has 1 unspecified atom stereocenters. The lowest BCUT2D eigenvalue weighted by Gasteiger charge is -2.11. The molecule has 0 saturated heterocycles. The van der Waals surface area contributed by atoms with E-state index in [9.17, 15) is 10.1 Å². The van der Waals surface area contributed by atoms with Gasteiger partial charge in [-0.15, -0.1) is 0 Å². The van der Waals surface area contributed by atoms with Crippen molar-refractivity contribution in [3.05, 3.63) is 27.5 Å². The summed E-state index contributed by atoms with van der Waals surface area (Å²) in [7, 11) is 0. The Kier molecular flexibility index (Phi) is 2.48. The summed E-state index contributed by atoms with van der Waals surface area (Å²) >= 11 is 6.01. The van der Waals surface area contributed by atoms with Crippen molar-refractivity contribution in [1.82, 2.24) is 14.8 Å². The summed E-state index contributed by atoms with van der Waals surface area (Å²) in [6.45, 7) is 2.08. The Hall–Kier alpha value is -1.69. The molecule has 18 heavy (non-hydrogen) atoms. The van der Waals surface area contributed by atoms with Crippen LogP contribution in [0.25, 0.3) is 11.0 Å². The molecule has 2 aromatic rings. The van der Waals surface area contributed by atoms with E-state index in [1.165, 1.54) is 19.0 Å². The van der Waals surface area contributed by atoms with E-state index in [0.717, 1.165) is 0 Å². The van der Waals surface area contributed by atoms with Gasteiger partial charge in [0.25, 0.3) is 0 Å². The third-order valence-corrected chi connectivity index (χ3v) is 3.82.